The molecule has 1 atom stereocenters. The summed E-state index contributed by atoms with van der Waals surface area (Å²) < 4.78 is 0. The largest absolute Gasteiger partial charge is 0.405 e. The molecule has 1 aliphatic heterocycles. The van der Waals surface area contributed by atoms with Crippen molar-refractivity contribution in [1.29, 1.82) is 0 Å². The van der Waals surface area contributed by atoms with E-state index >= 15 is 0 Å². The number of β-amino-alcohol motifs (C(OH)–C–C–N with tert-alkyl or cyclic N) is 1. The molecule has 124 valence electrons. The zero-order valence-electron chi connectivity index (χ0n) is 13.5. The van der Waals surface area contributed by atoms with Gasteiger partial charge in [-0.2, -0.15) is 0 Å². The molecule has 4 N–H and O–H groups in total. The number of rotatable bonds is 6. The average Bonchev–Trinajstić information content (AvgIpc) is 2.57. The minimum absolute atomic E-state index is 0.225. The summed E-state index contributed by atoms with van der Waals surface area (Å²) in [6.45, 7) is 4.32. The molecule has 1 aromatic carbocycles. The summed E-state index contributed by atoms with van der Waals surface area (Å²) in [5, 5.41) is 12.9. The zero-order valence-corrected chi connectivity index (χ0v) is 13.5. The van der Waals surface area contributed by atoms with Crippen LogP contribution in [0.3, 0.4) is 0 Å². The first-order chi connectivity index (χ1) is 11.1. The molecule has 0 fully saturated rings. The van der Waals surface area contributed by atoms with E-state index in [0.717, 1.165) is 19.5 Å². The van der Waals surface area contributed by atoms with Gasteiger partial charge < -0.3 is 16.2 Å². The normalized spacial score (nSPS) is 17.0. The van der Waals surface area contributed by atoms with Crippen LogP contribution in [0.25, 0.3) is 0 Å². The van der Waals surface area contributed by atoms with Gasteiger partial charge >= 0.3 is 0 Å². The zero-order chi connectivity index (χ0) is 16.7. The van der Waals surface area contributed by atoms with Crippen LogP contribution in [0.15, 0.2) is 48.2 Å². The van der Waals surface area contributed by atoms with Gasteiger partial charge in [-0.15, -0.1) is 0 Å². The van der Waals surface area contributed by atoms with E-state index in [1.807, 2.05) is 6.07 Å². The van der Waals surface area contributed by atoms with Gasteiger partial charge in [0.15, 0.2) is 0 Å². The van der Waals surface area contributed by atoms with Crippen LogP contribution in [-0.4, -0.2) is 41.7 Å². The van der Waals surface area contributed by atoms with Crippen LogP contribution in [0.5, 0.6) is 0 Å². The number of aliphatic hydroxyl groups is 1. The Balaban J connectivity index is 1.80. The smallest absolute Gasteiger partial charge is 0.251 e. The molecule has 2 rings (SSSR count). The van der Waals surface area contributed by atoms with E-state index in [1.54, 1.807) is 19.1 Å². The molecule has 1 aliphatic rings. The molecular formula is C18H25N3O2. The van der Waals surface area contributed by atoms with Gasteiger partial charge in [0, 0.05) is 31.8 Å². The Morgan fingerprint density at radius 1 is 1.43 bits per heavy atom. The van der Waals surface area contributed by atoms with Crippen molar-refractivity contribution in [3.8, 4) is 0 Å². The molecular weight excluding hydrogens is 290 g/mol. The fraction of sp³-hybridized carbons (Fsp3) is 0.389. The fourth-order valence-electron chi connectivity index (χ4n) is 2.79. The van der Waals surface area contributed by atoms with Crippen molar-refractivity contribution in [3.63, 3.8) is 0 Å². The van der Waals surface area contributed by atoms with Gasteiger partial charge in [0.05, 0.1) is 6.10 Å². The highest BCUT2D eigenvalue weighted by molar-refractivity contribution is 5.96. The first-order valence-corrected chi connectivity index (χ1v) is 7.94. The summed E-state index contributed by atoms with van der Waals surface area (Å²) in [4.78, 5) is 14.1. The van der Waals surface area contributed by atoms with Crippen molar-refractivity contribution in [3.05, 3.63) is 59.3 Å². The van der Waals surface area contributed by atoms with E-state index < -0.39 is 6.10 Å². The Morgan fingerprint density at radius 3 is 2.87 bits per heavy atom. The summed E-state index contributed by atoms with van der Waals surface area (Å²) in [5.74, 6) is -0.225. The molecule has 0 spiro atoms. The molecule has 5 heteroatoms. The number of carbonyl (C=O) groups excluding carboxylic acids is 1. The number of amides is 1. The van der Waals surface area contributed by atoms with Crippen molar-refractivity contribution >= 4 is 5.91 Å². The highest BCUT2D eigenvalue weighted by atomic mass is 16.3. The fourth-order valence-corrected chi connectivity index (χ4v) is 2.79. The van der Waals surface area contributed by atoms with Crippen molar-refractivity contribution in [2.24, 2.45) is 5.73 Å². The quantitative estimate of drug-likeness (QED) is 0.539. The van der Waals surface area contributed by atoms with Crippen LogP contribution in [0.1, 0.15) is 18.1 Å². The number of hydrogen-bond acceptors (Lipinski definition) is 4. The van der Waals surface area contributed by atoms with Gasteiger partial charge in [-0.3, -0.25) is 9.69 Å². The Labute approximate surface area is 137 Å². The number of carbonyl (C=O) groups is 1. The molecule has 0 saturated heterocycles. The molecule has 0 saturated carbocycles. The third kappa shape index (κ3) is 4.94. The third-order valence-corrected chi connectivity index (χ3v) is 4.03. The van der Waals surface area contributed by atoms with Crippen LogP contribution < -0.4 is 11.1 Å². The molecule has 0 aliphatic carbocycles. The summed E-state index contributed by atoms with van der Waals surface area (Å²) in [5.41, 5.74) is 8.50. The predicted octanol–water partition coefficient (Wildman–Crippen LogP) is 0.941. The summed E-state index contributed by atoms with van der Waals surface area (Å²) in [6.07, 6.45) is 4.97. The minimum Gasteiger partial charge on any atom is -0.405 e. The van der Waals surface area contributed by atoms with Crippen LogP contribution in [0.4, 0.5) is 0 Å². The number of allylic oxidation sites excluding steroid dienone is 1. The molecule has 0 radical (unpaired) electrons. The number of nitrogens with zero attached hydrogens (tertiary/aromatic N) is 1. The van der Waals surface area contributed by atoms with Gasteiger partial charge in [0.1, 0.15) is 0 Å². The molecule has 23 heavy (non-hydrogen) atoms. The Bertz CT molecular complexity index is 596. The monoisotopic (exact) mass is 315 g/mol. The summed E-state index contributed by atoms with van der Waals surface area (Å²) >= 11 is 0. The summed E-state index contributed by atoms with van der Waals surface area (Å²) in [6, 6.07) is 8.40. The lowest BCUT2D eigenvalue weighted by Gasteiger charge is -2.30. The van der Waals surface area contributed by atoms with Gasteiger partial charge in [-0.05, 0) is 36.7 Å². The van der Waals surface area contributed by atoms with Crippen LogP contribution >= 0.6 is 0 Å². The number of nitrogens with one attached hydrogen (secondary N) is 1. The lowest BCUT2D eigenvalue weighted by atomic mass is 10.00. The van der Waals surface area contributed by atoms with Gasteiger partial charge in [0.2, 0.25) is 0 Å². The molecule has 1 aromatic rings. The van der Waals surface area contributed by atoms with Crippen molar-refractivity contribution in [2.75, 3.05) is 19.6 Å². The van der Waals surface area contributed by atoms with E-state index in [0.29, 0.717) is 12.1 Å². The molecule has 5 nitrogen and oxygen atoms in total. The topological polar surface area (TPSA) is 78.6 Å². The minimum atomic E-state index is -0.593. The van der Waals surface area contributed by atoms with Gasteiger partial charge in [-0.1, -0.05) is 30.3 Å². The molecule has 0 bridgehead atoms. The second kappa shape index (κ2) is 8.50. The lowest BCUT2D eigenvalue weighted by Crippen LogP contribution is -2.42. The Hall–Kier alpha value is -2.11. The number of benzene rings is 1. The lowest BCUT2D eigenvalue weighted by molar-refractivity contribution is -0.117. The van der Waals surface area contributed by atoms with E-state index in [9.17, 15) is 9.90 Å². The van der Waals surface area contributed by atoms with Crippen molar-refractivity contribution in [2.45, 2.75) is 26.0 Å². The number of fused-ring (bicyclic) bond motifs is 1. The Kier molecular flexibility index (Phi) is 6.38. The maximum atomic E-state index is 11.9. The molecule has 1 amide bonds. The van der Waals surface area contributed by atoms with E-state index in [-0.39, 0.29) is 12.5 Å². The number of aliphatic hydroxyl groups excluding tert-OH is 1. The maximum absolute atomic E-state index is 11.9. The van der Waals surface area contributed by atoms with E-state index in [4.69, 9.17) is 5.73 Å². The molecule has 0 aromatic heterocycles. The third-order valence-electron chi connectivity index (χ3n) is 4.03. The Morgan fingerprint density at radius 2 is 2.17 bits per heavy atom. The average molecular weight is 315 g/mol. The standard InChI is InChI=1S/C18H25N3O2/c1-2-14(7-9-19)18(23)20-11-17(22)13-21-10-8-15-5-3-4-6-16(15)12-21/h2-7,9,17,22H,8,10-13,19H2,1H3,(H,20,23)/b9-7-,14-2+/t17-/m0/s1. The van der Waals surface area contributed by atoms with Crippen LogP contribution in [-0.2, 0) is 17.8 Å². The second-order valence-electron chi connectivity index (χ2n) is 5.72. The highest BCUT2D eigenvalue weighted by Crippen LogP contribution is 2.18. The highest BCUT2D eigenvalue weighted by Gasteiger charge is 2.18. The number of hydrogen-bond donors (Lipinski definition) is 3. The van der Waals surface area contributed by atoms with E-state index in [1.165, 1.54) is 17.3 Å². The predicted molar refractivity (Wildman–Crippen MR) is 91.5 cm³/mol. The molecule has 1 heterocycles. The second-order valence-corrected chi connectivity index (χ2v) is 5.72. The summed E-state index contributed by atoms with van der Waals surface area (Å²) in [7, 11) is 0. The van der Waals surface area contributed by atoms with Crippen LogP contribution in [0, 0.1) is 0 Å². The first kappa shape index (κ1) is 17.2. The van der Waals surface area contributed by atoms with Crippen molar-refractivity contribution in [1.82, 2.24) is 10.2 Å². The maximum Gasteiger partial charge on any atom is 0.251 e. The SMILES string of the molecule is C/C=C(\C=C/N)C(=O)NC[C@H](O)CN1CCc2ccccc2C1. The number of nitrogens with two attached hydrogens (primary N) is 1. The van der Waals surface area contributed by atoms with Crippen LogP contribution in [0.2, 0.25) is 0 Å². The van der Waals surface area contributed by atoms with Crippen molar-refractivity contribution < 1.29 is 9.90 Å². The van der Waals surface area contributed by atoms with Gasteiger partial charge in [0.25, 0.3) is 5.91 Å². The first-order valence-electron chi connectivity index (χ1n) is 7.94. The van der Waals surface area contributed by atoms with E-state index in [2.05, 4.69) is 28.4 Å². The molecule has 0 unspecified atom stereocenters. The van der Waals surface area contributed by atoms with Gasteiger partial charge in [-0.25, -0.2) is 0 Å².